The first-order valence-electron chi connectivity index (χ1n) is 33.5. The van der Waals surface area contributed by atoms with Gasteiger partial charge in [0.1, 0.15) is 13.2 Å². The third-order valence-electron chi connectivity index (χ3n) is 15.1. The van der Waals surface area contributed by atoms with Crippen molar-refractivity contribution in [2.45, 2.75) is 374 Å². The number of ether oxygens (including phenoxy) is 3. The van der Waals surface area contributed by atoms with Gasteiger partial charge < -0.3 is 14.2 Å². The van der Waals surface area contributed by atoms with Gasteiger partial charge >= 0.3 is 17.9 Å². The molecule has 0 bridgehead atoms. The molecule has 0 aliphatic carbocycles. The van der Waals surface area contributed by atoms with Gasteiger partial charge in [-0.15, -0.1) is 0 Å². The smallest absolute Gasteiger partial charge is 0.306 e. The third kappa shape index (κ3) is 62.4. The van der Waals surface area contributed by atoms with E-state index in [1.165, 1.54) is 257 Å². The quantitative estimate of drug-likeness (QED) is 0.0261. The van der Waals surface area contributed by atoms with Crippen LogP contribution in [0.1, 0.15) is 367 Å². The summed E-state index contributed by atoms with van der Waals surface area (Å²) in [6, 6.07) is 0. The highest BCUT2D eigenvalue weighted by Gasteiger charge is 2.19. The lowest BCUT2D eigenvalue weighted by Crippen LogP contribution is -2.30. The van der Waals surface area contributed by atoms with E-state index in [0.29, 0.717) is 19.3 Å². The number of esters is 3. The number of carbonyl (C=O) groups excluding carboxylic acids is 3. The van der Waals surface area contributed by atoms with E-state index in [0.717, 1.165) is 70.6 Å². The van der Waals surface area contributed by atoms with Crippen LogP contribution < -0.4 is 0 Å². The second-order valence-corrected chi connectivity index (χ2v) is 22.7. The van der Waals surface area contributed by atoms with E-state index in [1.54, 1.807) is 0 Å². The van der Waals surface area contributed by atoms with Crippen LogP contribution >= 0.6 is 0 Å². The van der Waals surface area contributed by atoms with E-state index < -0.39 is 6.10 Å². The molecule has 0 aliphatic heterocycles. The Labute approximate surface area is 467 Å². The fraction of sp³-hybridized carbons (Fsp3) is 0.870. The molecule has 1 unspecified atom stereocenters. The number of carbonyl (C=O) groups is 3. The number of rotatable bonds is 62. The van der Waals surface area contributed by atoms with E-state index in [2.05, 4.69) is 57.2 Å². The summed E-state index contributed by atoms with van der Waals surface area (Å²) in [5.41, 5.74) is 0. The van der Waals surface area contributed by atoms with Crippen molar-refractivity contribution >= 4 is 17.9 Å². The van der Waals surface area contributed by atoms with Crippen LogP contribution in [0.5, 0.6) is 0 Å². The Morgan fingerprint density at radius 3 is 0.747 bits per heavy atom. The molecule has 0 aromatic rings. The molecule has 0 spiro atoms. The summed E-state index contributed by atoms with van der Waals surface area (Å²) in [5.74, 6) is -0.841. The molecule has 0 saturated heterocycles. The van der Waals surface area contributed by atoms with Crippen LogP contribution in [0.3, 0.4) is 0 Å². The minimum atomic E-state index is -0.767. The fourth-order valence-corrected chi connectivity index (χ4v) is 10.1. The van der Waals surface area contributed by atoms with Gasteiger partial charge in [-0.1, -0.05) is 327 Å². The van der Waals surface area contributed by atoms with Gasteiger partial charge in [0.25, 0.3) is 0 Å². The van der Waals surface area contributed by atoms with Gasteiger partial charge in [-0.2, -0.15) is 0 Å². The van der Waals surface area contributed by atoms with Gasteiger partial charge in [0.05, 0.1) is 0 Å². The Kier molecular flexibility index (Phi) is 62.1. The lowest BCUT2D eigenvalue weighted by atomic mass is 10.0. The fourth-order valence-electron chi connectivity index (χ4n) is 10.1. The molecule has 0 radical (unpaired) electrons. The second-order valence-electron chi connectivity index (χ2n) is 22.7. The lowest BCUT2D eigenvalue weighted by Gasteiger charge is -2.18. The minimum Gasteiger partial charge on any atom is -0.462 e. The van der Waals surface area contributed by atoms with Crippen LogP contribution in [0.15, 0.2) is 36.5 Å². The molecule has 6 nitrogen and oxygen atoms in total. The van der Waals surface area contributed by atoms with Crippen molar-refractivity contribution in [2.24, 2.45) is 0 Å². The number of hydrogen-bond acceptors (Lipinski definition) is 6. The van der Waals surface area contributed by atoms with Gasteiger partial charge in [-0.3, -0.25) is 14.4 Å². The molecule has 0 N–H and O–H groups in total. The summed E-state index contributed by atoms with van der Waals surface area (Å²) in [7, 11) is 0. The average Bonchev–Trinajstić information content (AvgIpc) is 3.41. The van der Waals surface area contributed by atoms with Gasteiger partial charge in [-0.25, -0.2) is 0 Å². The topological polar surface area (TPSA) is 78.9 Å². The molecular weight excluding hydrogens is 925 g/mol. The predicted molar refractivity (Wildman–Crippen MR) is 326 cm³/mol. The highest BCUT2D eigenvalue weighted by atomic mass is 16.6. The Balaban J connectivity index is 4.15. The summed E-state index contributed by atoms with van der Waals surface area (Å²) >= 11 is 0. The van der Waals surface area contributed by atoms with E-state index >= 15 is 0 Å². The molecule has 0 aromatic carbocycles. The summed E-state index contributed by atoms with van der Waals surface area (Å²) in [6.07, 6.45) is 78.8. The molecule has 0 aromatic heterocycles. The van der Waals surface area contributed by atoms with Gasteiger partial charge in [-0.05, 0) is 57.8 Å². The summed E-state index contributed by atoms with van der Waals surface area (Å²) in [4.78, 5) is 38.3. The first-order chi connectivity index (χ1) is 37.0. The van der Waals surface area contributed by atoms with Gasteiger partial charge in [0.15, 0.2) is 6.10 Å². The second kappa shape index (κ2) is 64.2. The van der Waals surface area contributed by atoms with Crippen molar-refractivity contribution in [1.82, 2.24) is 0 Å². The Morgan fingerprint density at radius 1 is 0.267 bits per heavy atom. The molecule has 0 aliphatic rings. The van der Waals surface area contributed by atoms with Crippen molar-refractivity contribution in [2.75, 3.05) is 13.2 Å². The molecule has 0 heterocycles. The van der Waals surface area contributed by atoms with Gasteiger partial charge in [0, 0.05) is 19.3 Å². The third-order valence-corrected chi connectivity index (χ3v) is 15.1. The summed E-state index contributed by atoms with van der Waals surface area (Å²) < 4.78 is 16.9. The molecule has 75 heavy (non-hydrogen) atoms. The van der Waals surface area contributed by atoms with E-state index in [4.69, 9.17) is 14.2 Å². The zero-order valence-electron chi connectivity index (χ0n) is 50.6. The van der Waals surface area contributed by atoms with Crippen LogP contribution in [0, 0.1) is 0 Å². The maximum absolute atomic E-state index is 12.9. The molecule has 0 saturated carbocycles. The molecular formula is C69H128O6. The van der Waals surface area contributed by atoms with E-state index in [-0.39, 0.29) is 31.1 Å². The largest absolute Gasteiger partial charge is 0.462 e. The normalized spacial score (nSPS) is 12.2. The van der Waals surface area contributed by atoms with Crippen molar-refractivity contribution in [1.29, 1.82) is 0 Å². The highest BCUT2D eigenvalue weighted by Crippen LogP contribution is 2.18. The number of allylic oxidation sites excluding steroid dienone is 6. The van der Waals surface area contributed by atoms with Gasteiger partial charge in [0.2, 0.25) is 0 Å². The van der Waals surface area contributed by atoms with Crippen LogP contribution in [0.2, 0.25) is 0 Å². The minimum absolute atomic E-state index is 0.0657. The maximum atomic E-state index is 12.9. The van der Waals surface area contributed by atoms with E-state index in [1.807, 2.05) is 0 Å². The van der Waals surface area contributed by atoms with Crippen LogP contribution in [0.4, 0.5) is 0 Å². The summed E-state index contributed by atoms with van der Waals surface area (Å²) in [5, 5.41) is 0. The zero-order chi connectivity index (χ0) is 54.3. The molecule has 0 rings (SSSR count). The van der Waals surface area contributed by atoms with Crippen molar-refractivity contribution in [3.8, 4) is 0 Å². The van der Waals surface area contributed by atoms with Crippen LogP contribution in [-0.2, 0) is 28.6 Å². The number of hydrogen-bond donors (Lipinski definition) is 0. The SMILES string of the molecule is CCCCCCC/C=C\C/C=C\C/C=C\CCCCCCCCCCCCCCCCC(=O)OCC(COC(=O)CCCCCCCCCCCCC)OC(=O)CCCCCCCCCCCCCCCCCCC. The monoisotopic (exact) mass is 1050 g/mol. The molecule has 0 fully saturated rings. The highest BCUT2D eigenvalue weighted by molar-refractivity contribution is 5.71. The van der Waals surface area contributed by atoms with Crippen molar-refractivity contribution < 1.29 is 28.6 Å². The van der Waals surface area contributed by atoms with Crippen molar-refractivity contribution in [3.05, 3.63) is 36.5 Å². The maximum Gasteiger partial charge on any atom is 0.306 e. The lowest BCUT2D eigenvalue weighted by molar-refractivity contribution is -0.167. The van der Waals surface area contributed by atoms with Crippen LogP contribution in [-0.4, -0.2) is 37.2 Å². The van der Waals surface area contributed by atoms with Crippen molar-refractivity contribution in [3.63, 3.8) is 0 Å². The molecule has 1 atom stereocenters. The molecule has 0 amide bonds. The molecule has 6 heteroatoms. The predicted octanol–water partition coefficient (Wildman–Crippen LogP) is 22.8. The Morgan fingerprint density at radius 2 is 0.480 bits per heavy atom. The van der Waals surface area contributed by atoms with Crippen LogP contribution in [0.25, 0.3) is 0 Å². The Bertz CT molecular complexity index is 1250. The average molecular weight is 1050 g/mol. The first kappa shape index (κ1) is 72.6. The number of unbranched alkanes of at least 4 members (excludes halogenated alkanes) is 45. The standard InChI is InChI=1S/C69H128O6/c1-4-7-10-13-16-19-22-24-26-28-29-30-31-32-33-34-35-36-37-38-39-41-42-44-47-50-53-56-59-62-68(71)74-65-66(64-73-67(70)61-58-55-52-49-46-21-18-15-12-9-6-3)75-69(72)63-60-57-54-51-48-45-43-40-27-25-23-20-17-14-11-8-5-2/h22,24,28-29,31-32,66H,4-21,23,25-27,30,33-65H2,1-3H3/b24-22-,29-28-,32-31-. The van der Waals surface area contributed by atoms with E-state index in [9.17, 15) is 14.4 Å². The Hall–Kier alpha value is -2.37. The zero-order valence-corrected chi connectivity index (χ0v) is 50.6. The first-order valence-corrected chi connectivity index (χ1v) is 33.5. The summed E-state index contributed by atoms with van der Waals surface area (Å²) in [6.45, 7) is 6.68. The molecule has 440 valence electrons.